The molecule has 0 aromatic heterocycles. The Morgan fingerprint density at radius 1 is 0.841 bits per heavy atom. The molecule has 12 heteroatoms. The number of hydrogen-bond acceptors (Lipinski definition) is 6. The Morgan fingerprint density at radius 2 is 1.48 bits per heavy atom. The largest absolute Gasteiger partial charge is 0.573 e. The van der Waals surface area contributed by atoms with E-state index in [0.29, 0.717) is 50.5 Å². The Labute approximate surface area is 251 Å². The molecule has 0 spiro atoms. The predicted octanol–water partition coefficient (Wildman–Crippen LogP) is 8.17. The first-order valence-electron chi connectivity index (χ1n) is 14.1. The van der Waals surface area contributed by atoms with E-state index in [1.54, 1.807) is 24.3 Å². The Morgan fingerprint density at radius 3 is 2.07 bits per heavy atom. The highest BCUT2D eigenvalue weighted by Crippen LogP contribution is 2.41. The van der Waals surface area contributed by atoms with Crippen LogP contribution in [0, 0.1) is 5.92 Å². The number of halogens is 6. The van der Waals surface area contributed by atoms with Crippen LogP contribution in [0.15, 0.2) is 72.8 Å². The van der Waals surface area contributed by atoms with Crippen molar-refractivity contribution in [1.82, 2.24) is 0 Å². The molecule has 2 saturated heterocycles. The summed E-state index contributed by atoms with van der Waals surface area (Å²) in [6, 6.07) is 18.7. The minimum Gasteiger partial charge on any atom is -0.491 e. The lowest BCUT2D eigenvalue weighted by Crippen LogP contribution is -2.36. The van der Waals surface area contributed by atoms with Gasteiger partial charge in [-0.2, -0.15) is 0 Å². The van der Waals surface area contributed by atoms with Crippen LogP contribution >= 0.6 is 0 Å². The SMILES string of the molecule is CC1(C)OCC(COc2cccc(C[C]3CCN(c4ccc(OC(F)(F)F)cc4)C(c4ccc(OC(F)(F)F)cc4)C3)c2)O1. The number of anilines is 1. The zero-order chi connectivity index (χ0) is 31.5. The molecule has 2 aliphatic rings. The van der Waals surface area contributed by atoms with Gasteiger partial charge in [-0.15, -0.1) is 26.3 Å². The first kappa shape index (κ1) is 31.8. The van der Waals surface area contributed by atoms with Crippen LogP contribution in [0.2, 0.25) is 0 Å². The summed E-state index contributed by atoms with van der Waals surface area (Å²) in [5.41, 5.74) is 2.44. The minimum atomic E-state index is -4.81. The first-order valence-corrected chi connectivity index (χ1v) is 14.1. The van der Waals surface area contributed by atoms with Gasteiger partial charge in [0.15, 0.2) is 5.79 Å². The van der Waals surface area contributed by atoms with Gasteiger partial charge in [0, 0.05) is 12.2 Å². The zero-order valence-electron chi connectivity index (χ0n) is 24.1. The van der Waals surface area contributed by atoms with Gasteiger partial charge in [0.2, 0.25) is 0 Å². The van der Waals surface area contributed by atoms with Crippen molar-refractivity contribution in [3.63, 3.8) is 0 Å². The van der Waals surface area contributed by atoms with Crippen LogP contribution in [-0.4, -0.2) is 44.4 Å². The van der Waals surface area contributed by atoms with Crippen LogP contribution in [0.3, 0.4) is 0 Å². The fraction of sp³-hybridized carbons (Fsp3) is 0.406. The van der Waals surface area contributed by atoms with Gasteiger partial charge in [-0.1, -0.05) is 24.3 Å². The Balaban J connectivity index is 1.30. The van der Waals surface area contributed by atoms with E-state index in [4.69, 9.17) is 14.2 Å². The highest BCUT2D eigenvalue weighted by Gasteiger charge is 2.35. The molecule has 44 heavy (non-hydrogen) atoms. The van der Waals surface area contributed by atoms with Crippen molar-refractivity contribution in [3.05, 3.63) is 89.8 Å². The predicted molar refractivity (Wildman–Crippen MR) is 149 cm³/mol. The Hall–Kier alpha value is -3.64. The molecule has 2 aliphatic heterocycles. The van der Waals surface area contributed by atoms with Gasteiger partial charge in [-0.25, -0.2) is 0 Å². The second-order valence-corrected chi connectivity index (χ2v) is 11.2. The van der Waals surface area contributed by atoms with Crippen LogP contribution in [-0.2, 0) is 15.9 Å². The number of ether oxygens (including phenoxy) is 5. The molecule has 2 unspecified atom stereocenters. The summed E-state index contributed by atoms with van der Waals surface area (Å²) < 4.78 is 102. The molecule has 2 heterocycles. The molecule has 3 aromatic carbocycles. The second kappa shape index (κ2) is 12.8. The average molecular weight is 625 g/mol. The molecule has 0 amide bonds. The van der Waals surface area contributed by atoms with Crippen LogP contribution < -0.4 is 19.1 Å². The molecule has 2 atom stereocenters. The van der Waals surface area contributed by atoms with E-state index < -0.39 is 18.5 Å². The highest BCUT2D eigenvalue weighted by molar-refractivity contribution is 5.53. The van der Waals surface area contributed by atoms with E-state index in [1.807, 2.05) is 43.0 Å². The standard InChI is InChI=1S/C32H32F6NO5/c1-30(2)41-20-28(42-30)19-40-27-5-3-4-21(17-27)16-22-14-15-39(24-8-12-26(13-9-24)44-32(36,37)38)29(18-22)23-6-10-25(11-7-23)43-31(33,34)35/h3-13,17,28-29H,14-16,18-20H2,1-2H3. The normalized spacial score (nSPS) is 20.9. The van der Waals surface area contributed by atoms with Gasteiger partial charge >= 0.3 is 12.7 Å². The average Bonchev–Trinajstić information content (AvgIpc) is 3.30. The smallest absolute Gasteiger partial charge is 0.491 e. The van der Waals surface area contributed by atoms with Gasteiger partial charge < -0.3 is 28.6 Å². The summed E-state index contributed by atoms with van der Waals surface area (Å²) in [7, 11) is 0. The second-order valence-electron chi connectivity index (χ2n) is 11.2. The molecule has 3 aromatic rings. The quantitative estimate of drug-likeness (QED) is 0.224. The maximum atomic E-state index is 12.7. The maximum absolute atomic E-state index is 12.7. The van der Waals surface area contributed by atoms with Gasteiger partial charge in [-0.05, 0) is 98.7 Å². The molecule has 0 aliphatic carbocycles. The fourth-order valence-corrected chi connectivity index (χ4v) is 5.49. The number of benzene rings is 3. The van der Waals surface area contributed by atoms with E-state index >= 15 is 0 Å². The van der Waals surface area contributed by atoms with E-state index in [9.17, 15) is 26.3 Å². The Kier molecular flexibility index (Phi) is 9.22. The number of hydrogen-bond donors (Lipinski definition) is 0. The van der Waals surface area contributed by atoms with E-state index in [0.717, 1.165) is 11.1 Å². The van der Waals surface area contributed by atoms with Crippen molar-refractivity contribution in [2.45, 2.75) is 63.8 Å². The number of rotatable bonds is 9. The van der Waals surface area contributed by atoms with Crippen molar-refractivity contribution in [3.8, 4) is 17.2 Å². The van der Waals surface area contributed by atoms with E-state index in [1.165, 1.54) is 30.2 Å². The number of nitrogens with zero attached hydrogens (tertiary/aromatic N) is 1. The van der Waals surface area contributed by atoms with Crippen molar-refractivity contribution in [1.29, 1.82) is 0 Å². The van der Waals surface area contributed by atoms with Gasteiger partial charge in [0.05, 0.1) is 12.6 Å². The van der Waals surface area contributed by atoms with E-state index in [2.05, 4.69) is 9.47 Å². The molecule has 2 fully saturated rings. The zero-order valence-corrected chi connectivity index (χ0v) is 24.1. The molecule has 237 valence electrons. The third-order valence-electron chi connectivity index (χ3n) is 7.32. The van der Waals surface area contributed by atoms with Crippen molar-refractivity contribution in [2.75, 3.05) is 24.7 Å². The van der Waals surface area contributed by atoms with Gasteiger partial charge in [0.25, 0.3) is 0 Å². The lowest BCUT2D eigenvalue weighted by atomic mass is 9.83. The van der Waals surface area contributed by atoms with Crippen LogP contribution in [0.5, 0.6) is 17.2 Å². The summed E-state index contributed by atoms with van der Waals surface area (Å²) in [4.78, 5) is 2.03. The number of piperidine rings is 1. The summed E-state index contributed by atoms with van der Waals surface area (Å²) in [5.74, 6) is 0.602. The monoisotopic (exact) mass is 624 g/mol. The third kappa shape index (κ3) is 8.95. The van der Waals surface area contributed by atoms with Crippen molar-refractivity contribution < 1.29 is 50.0 Å². The molecule has 0 saturated carbocycles. The Bertz CT molecular complexity index is 1380. The third-order valence-corrected chi connectivity index (χ3v) is 7.32. The molecular formula is C32H32F6NO5. The molecule has 5 rings (SSSR count). The molecule has 1 radical (unpaired) electrons. The number of alkyl halides is 6. The summed E-state index contributed by atoms with van der Waals surface area (Å²) in [6.07, 6.45) is -7.85. The molecule has 0 N–H and O–H groups in total. The minimum absolute atomic E-state index is 0.171. The molecule has 6 nitrogen and oxygen atoms in total. The van der Waals surface area contributed by atoms with Crippen molar-refractivity contribution >= 4 is 5.69 Å². The first-order chi connectivity index (χ1) is 20.7. The van der Waals surface area contributed by atoms with Crippen molar-refractivity contribution in [2.24, 2.45) is 0 Å². The summed E-state index contributed by atoms with van der Waals surface area (Å²) in [6.45, 7) is 5.05. The van der Waals surface area contributed by atoms with Crippen LogP contribution in [0.4, 0.5) is 32.0 Å². The fourth-order valence-electron chi connectivity index (χ4n) is 5.49. The lowest BCUT2D eigenvalue weighted by Gasteiger charge is -2.41. The lowest BCUT2D eigenvalue weighted by molar-refractivity contribution is -0.275. The maximum Gasteiger partial charge on any atom is 0.573 e. The topological polar surface area (TPSA) is 49.4 Å². The molecule has 0 bridgehead atoms. The van der Waals surface area contributed by atoms with Gasteiger partial charge in [0.1, 0.15) is 30.0 Å². The summed E-state index contributed by atoms with van der Waals surface area (Å²) in [5, 5.41) is 0. The molecular weight excluding hydrogens is 592 g/mol. The van der Waals surface area contributed by atoms with E-state index in [-0.39, 0.29) is 23.6 Å². The highest BCUT2D eigenvalue weighted by atomic mass is 19.4. The van der Waals surface area contributed by atoms with Crippen LogP contribution in [0.25, 0.3) is 0 Å². The van der Waals surface area contributed by atoms with Crippen LogP contribution in [0.1, 0.15) is 43.9 Å². The summed E-state index contributed by atoms with van der Waals surface area (Å²) >= 11 is 0. The van der Waals surface area contributed by atoms with Gasteiger partial charge in [-0.3, -0.25) is 0 Å².